The zero-order valence-electron chi connectivity index (χ0n) is 15.7. The number of sulfonamides is 1. The lowest BCUT2D eigenvalue weighted by Gasteiger charge is -2.13. The number of thiazole rings is 1. The van der Waals surface area contributed by atoms with Crippen LogP contribution in [-0.2, 0) is 26.2 Å². The van der Waals surface area contributed by atoms with Gasteiger partial charge in [0.15, 0.2) is 5.13 Å². The van der Waals surface area contributed by atoms with Crippen molar-refractivity contribution in [2.45, 2.75) is 20.4 Å². The van der Waals surface area contributed by atoms with Gasteiger partial charge in [-0.05, 0) is 18.1 Å². The van der Waals surface area contributed by atoms with Crippen LogP contribution in [-0.4, -0.2) is 38.1 Å². The maximum atomic E-state index is 12.2. The van der Waals surface area contributed by atoms with Gasteiger partial charge in [0.2, 0.25) is 10.0 Å². The van der Waals surface area contributed by atoms with Crippen molar-refractivity contribution in [1.82, 2.24) is 9.71 Å². The number of nitrogens with zero attached hydrogens (tertiary/aromatic N) is 1. The second kappa shape index (κ2) is 9.62. The number of anilines is 2. The van der Waals surface area contributed by atoms with Gasteiger partial charge in [-0.25, -0.2) is 18.1 Å². The predicted octanol–water partition coefficient (Wildman–Crippen LogP) is 1.80. The lowest BCUT2D eigenvalue weighted by Crippen LogP contribution is -2.29. The van der Waals surface area contributed by atoms with Crippen molar-refractivity contribution in [2.75, 3.05) is 23.5 Å². The molecule has 0 saturated carbocycles. The highest BCUT2D eigenvalue weighted by molar-refractivity contribution is 7.88. The molecular weight excluding hydrogens is 404 g/mol. The first-order valence-electron chi connectivity index (χ1n) is 8.37. The molecule has 1 aromatic carbocycles. The van der Waals surface area contributed by atoms with Gasteiger partial charge in [-0.3, -0.25) is 14.9 Å². The molecule has 0 spiro atoms. The molecule has 2 amide bonds. The van der Waals surface area contributed by atoms with Crippen molar-refractivity contribution in [2.24, 2.45) is 5.92 Å². The van der Waals surface area contributed by atoms with E-state index in [4.69, 9.17) is 4.74 Å². The van der Waals surface area contributed by atoms with Gasteiger partial charge in [0, 0.05) is 5.38 Å². The summed E-state index contributed by atoms with van der Waals surface area (Å²) in [5.41, 5.74) is 0.819. The number of amides is 2. The topological polar surface area (TPSA) is 126 Å². The van der Waals surface area contributed by atoms with Crippen LogP contribution >= 0.6 is 11.3 Å². The number of carbonyl (C=O) groups excluding carboxylic acids is 2. The van der Waals surface area contributed by atoms with Gasteiger partial charge in [-0.1, -0.05) is 26.0 Å². The van der Waals surface area contributed by atoms with Gasteiger partial charge in [-0.2, -0.15) is 0 Å². The zero-order valence-corrected chi connectivity index (χ0v) is 17.3. The summed E-state index contributed by atoms with van der Waals surface area (Å²) in [5.74, 6) is -0.980. The molecule has 28 heavy (non-hydrogen) atoms. The van der Waals surface area contributed by atoms with Gasteiger partial charge in [0.25, 0.3) is 0 Å². The SMILES string of the molecule is CC(C)COc1ccccc1NC(=O)C(=O)Nc1nc(CNS(C)(=O)=O)cs1. The number of rotatable bonds is 8. The molecule has 11 heteroatoms. The smallest absolute Gasteiger partial charge is 0.315 e. The van der Waals surface area contributed by atoms with E-state index in [1.807, 2.05) is 13.8 Å². The number of nitrogens with one attached hydrogen (secondary N) is 3. The summed E-state index contributed by atoms with van der Waals surface area (Å²) in [5, 5.41) is 6.68. The highest BCUT2D eigenvalue weighted by atomic mass is 32.2. The number of aromatic nitrogens is 1. The molecule has 0 unspecified atom stereocenters. The lowest BCUT2D eigenvalue weighted by atomic mass is 10.2. The number of carbonyl (C=O) groups is 2. The van der Waals surface area contributed by atoms with E-state index in [1.54, 1.807) is 29.6 Å². The van der Waals surface area contributed by atoms with E-state index in [0.717, 1.165) is 17.6 Å². The fraction of sp³-hybridized carbons (Fsp3) is 0.353. The van der Waals surface area contributed by atoms with Crippen LogP contribution in [0.15, 0.2) is 29.6 Å². The Bertz CT molecular complexity index is 941. The Morgan fingerprint density at radius 3 is 2.54 bits per heavy atom. The van der Waals surface area contributed by atoms with Gasteiger partial charge < -0.3 is 10.1 Å². The van der Waals surface area contributed by atoms with E-state index >= 15 is 0 Å². The third-order valence-electron chi connectivity index (χ3n) is 3.20. The molecule has 9 nitrogen and oxygen atoms in total. The van der Waals surface area contributed by atoms with Gasteiger partial charge in [-0.15, -0.1) is 11.3 Å². The molecule has 0 atom stereocenters. The highest BCUT2D eigenvalue weighted by Gasteiger charge is 2.18. The molecule has 0 saturated heterocycles. The number of hydrogen-bond acceptors (Lipinski definition) is 7. The lowest BCUT2D eigenvalue weighted by molar-refractivity contribution is -0.133. The first kappa shape index (κ1) is 21.8. The van der Waals surface area contributed by atoms with Gasteiger partial charge in [0.1, 0.15) is 5.75 Å². The standard InChI is InChI=1S/C17H22N4O5S2/c1-11(2)9-26-14-7-5-4-6-13(14)20-15(22)16(23)21-17-19-12(10-27-17)8-18-28(3,24)25/h4-7,10-11,18H,8-9H2,1-3H3,(H,20,22)(H,19,21,23). The molecule has 152 valence electrons. The Labute approximate surface area is 167 Å². The summed E-state index contributed by atoms with van der Waals surface area (Å²) < 4.78 is 30.1. The van der Waals surface area contributed by atoms with Crippen molar-refractivity contribution < 1.29 is 22.7 Å². The molecule has 3 N–H and O–H groups in total. The Morgan fingerprint density at radius 1 is 1.18 bits per heavy atom. The quantitative estimate of drug-likeness (QED) is 0.553. The van der Waals surface area contributed by atoms with E-state index in [2.05, 4.69) is 20.3 Å². The molecule has 1 heterocycles. The molecule has 2 aromatic rings. The molecule has 1 aromatic heterocycles. The van der Waals surface area contributed by atoms with E-state index < -0.39 is 21.8 Å². The molecule has 0 aliphatic carbocycles. The average molecular weight is 427 g/mol. The van der Waals surface area contributed by atoms with E-state index in [9.17, 15) is 18.0 Å². The predicted molar refractivity (Wildman–Crippen MR) is 108 cm³/mol. The number of ether oxygens (including phenoxy) is 1. The summed E-state index contributed by atoms with van der Waals surface area (Å²) in [6.45, 7) is 4.48. The highest BCUT2D eigenvalue weighted by Crippen LogP contribution is 2.24. The molecule has 0 aliphatic rings. The van der Waals surface area contributed by atoms with Crippen LogP contribution < -0.4 is 20.1 Å². The maximum Gasteiger partial charge on any atom is 0.315 e. The van der Waals surface area contributed by atoms with Crippen molar-refractivity contribution in [3.8, 4) is 5.75 Å². The third-order valence-corrected chi connectivity index (χ3v) is 4.68. The summed E-state index contributed by atoms with van der Waals surface area (Å²) in [7, 11) is -3.35. The van der Waals surface area contributed by atoms with Crippen LogP contribution in [0.5, 0.6) is 5.75 Å². The molecule has 0 radical (unpaired) electrons. The van der Waals surface area contributed by atoms with Crippen molar-refractivity contribution in [3.05, 3.63) is 35.3 Å². The zero-order chi connectivity index (χ0) is 20.7. The first-order valence-corrected chi connectivity index (χ1v) is 11.1. The van der Waals surface area contributed by atoms with Crippen LogP contribution in [0.2, 0.25) is 0 Å². The van der Waals surface area contributed by atoms with Crippen LogP contribution in [0.1, 0.15) is 19.5 Å². The Hall–Kier alpha value is -2.50. The van der Waals surface area contributed by atoms with Crippen LogP contribution in [0.4, 0.5) is 10.8 Å². The monoisotopic (exact) mass is 426 g/mol. The second-order valence-corrected chi connectivity index (χ2v) is 9.04. The molecular formula is C17H22N4O5S2. The summed E-state index contributed by atoms with van der Waals surface area (Å²) >= 11 is 1.08. The summed E-state index contributed by atoms with van der Waals surface area (Å²) in [4.78, 5) is 28.4. The maximum absolute atomic E-state index is 12.2. The van der Waals surface area contributed by atoms with Crippen molar-refractivity contribution in [1.29, 1.82) is 0 Å². The number of hydrogen-bond donors (Lipinski definition) is 3. The fourth-order valence-corrected chi connectivity index (χ4v) is 3.05. The molecule has 0 bridgehead atoms. The summed E-state index contributed by atoms with van der Waals surface area (Å²) in [6, 6.07) is 6.83. The molecule has 0 aliphatic heterocycles. The normalized spacial score (nSPS) is 11.3. The Morgan fingerprint density at radius 2 is 1.86 bits per heavy atom. The summed E-state index contributed by atoms with van der Waals surface area (Å²) in [6.07, 6.45) is 1.04. The Kier molecular flexibility index (Phi) is 7.49. The third kappa shape index (κ3) is 7.25. The van der Waals surface area contributed by atoms with Gasteiger partial charge >= 0.3 is 11.8 Å². The van der Waals surface area contributed by atoms with Gasteiger partial charge in [0.05, 0.1) is 30.8 Å². The van der Waals surface area contributed by atoms with Crippen LogP contribution in [0.3, 0.4) is 0 Å². The minimum absolute atomic E-state index is 0.00202. The first-order chi connectivity index (χ1) is 13.1. The minimum Gasteiger partial charge on any atom is -0.491 e. The average Bonchev–Trinajstić information content (AvgIpc) is 3.06. The Balaban J connectivity index is 1.95. The van der Waals surface area contributed by atoms with Crippen molar-refractivity contribution in [3.63, 3.8) is 0 Å². The second-order valence-electron chi connectivity index (χ2n) is 6.35. The molecule has 2 rings (SSSR count). The fourth-order valence-electron chi connectivity index (χ4n) is 1.94. The van der Waals surface area contributed by atoms with Crippen LogP contribution in [0, 0.1) is 5.92 Å². The minimum atomic E-state index is -3.35. The largest absolute Gasteiger partial charge is 0.491 e. The number of para-hydroxylation sites is 2. The van der Waals surface area contributed by atoms with E-state index in [-0.39, 0.29) is 11.7 Å². The van der Waals surface area contributed by atoms with Crippen LogP contribution in [0.25, 0.3) is 0 Å². The van der Waals surface area contributed by atoms with Crippen molar-refractivity contribution >= 4 is 44.0 Å². The van der Waals surface area contributed by atoms with E-state index in [1.165, 1.54) is 0 Å². The molecule has 0 fully saturated rings. The number of benzene rings is 1. The van der Waals surface area contributed by atoms with E-state index in [0.29, 0.717) is 29.7 Å².